The molecule has 90 valence electrons. The number of nitrogen functional groups attached to an aromatic ring is 1. The van der Waals surface area contributed by atoms with Gasteiger partial charge in [-0.1, -0.05) is 19.1 Å². The van der Waals surface area contributed by atoms with Crippen LogP contribution in [0.4, 0.5) is 5.69 Å². The van der Waals surface area contributed by atoms with Crippen molar-refractivity contribution in [1.29, 1.82) is 0 Å². The molecular weight excluding hydrogens is 214 g/mol. The lowest BCUT2D eigenvalue weighted by molar-refractivity contribution is 0.415. The Labute approximate surface area is 101 Å². The first-order valence-electron chi connectivity index (χ1n) is 5.72. The van der Waals surface area contributed by atoms with E-state index in [0.29, 0.717) is 0 Å². The highest BCUT2D eigenvalue weighted by Crippen LogP contribution is 2.30. The van der Waals surface area contributed by atoms with Gasteiger partial charge in [-0.15, -0.1) is 0 Å². The fraction of sp³-hybridized carbons (Fsp3) is 0.308. The van der Waals surface area contributed by atoms with Crippen LogP contribution in [0.25, 0.3) is 11.3 Å². The summed E-state index contributed by atoms with van der Waals surface area (Å²) in [6.07, 6.45) is 2.79. The van der Waals surface area contributed by atoms with E-state index in [1.54, 1.807) is 13.3 Å². The fourth-order valence-electron chi connectivity index (χ4n) is 1.83. The SMILES string of the molecule is CCCn1ncc(OC)c1-c1ccc(N)cc1. The number of ether oxygens (including phenoxy) is 1. The van der Waals surface area contributed by atoms with Crippen molar-refractivity contribution in [3.63, 3.8) is 0 Å². The number of hydrogen-bond acceptors (Lipinski definition) is 3. The Morgan fingerprint density at radius 3 is 2.59 bits per heavy atom. The zero-order chi connectivity index (χ0) is 12.3. The molecule has 2 N–H and O–H groups in total. The second kappa shape index (κ2) is 4.91. The predicted molar refractivity (Wildman–Crippen MR) is 68.9 cm³/mol. The molecule has 1 heterocycles. The van der Waals surface area contributed by atoms with E-state index < -0.39 is 0 Å². The van der Waals surface area contributed by atoms with Gasteiger partial charge in [0.05, 0.1) is 13.3 Å². The summed E-state index contributed by atoms with van der Waals surface area (Å²) in [6, 6.07) is 7.75. The molecule has 2 rings (SSSR count). The number of methoxy groups -OCH3 is 1. The van der Waals surface area contributed by atoms with Crippen LogP contribution in [-0.4, -0.2) is 16.9 Å². The number of benzene rings is 1. The molecule has 0 aliphatic heterocycles. The van der Waals surface area contributed by atoms with Gasteiger partial charge >= 0.3 is 0 Å². The summed E-state index contributed by atoms with van der Waals surface area (Å²) >= 11 is 0. The maximum atomic E-state index is 5.69. The molecule has 2 aromatic rings. The molecule has 0 spiro atoms. The molecule has 1 aromatic heterocycles. The van der Waals surface area contributed by atoms with Gasteiger partial charge in [-0.3, -0.25) is 4.68 Å². The highest BCUT2D eigenvalue weighted by molar-refractivity contribution is 5.68. The standard InChI is InChI=1S/C13H17N3O/c1-3-8-16-13(12(17-2)9-15-16)10-4-6-11(14)7-5-10/h4-7,9H,3,8,14H2,1-2H3. The summed E-state index contributed by atoms with van der Waals surface area (Å²) in [5, 5.41) is 4.34. The third-order valence-corrected chi connectivity index (χ3v) is 2.65. The van der Waals surface area contributed by atoms with E-state index in [2.05, 4.69) is 12.0 Å². The van der Waals surface area contributed by atoms with E-state index in [9.17, 15) is 0 Å². The van der Waals surface area contributed by atoms with E-state index >= 15 is 0 Å². The maximum Gasteiger partial charge on any atom is 0.164 e. The number of hydrogen-bond donors (Lipinski definition) is 1. The molecule has 17 heavy (non-hydrogen) atoms. The fourth-order valence-corrected chi connectivity index (χ4v) is 1.83. The summed E-state index contributed by atoms with van der Waals surface area (Å²) in [5.74, 6) is 0.795. The van der Waals surface area contributed by atoms with E-state index in [4.69, 9.17) is 10.5 Å². The second-order valence-electron chi connectivity index (χ2n) is 3.91. The first kappa shape index (κ1) is 11.5. The van der Waals surface area contributed by atoms with Crippen LogP contribution in [0.3, 0.4) is 0 Å². The van der Waals surface area contributed by atoms with Crippen molar-refractivity contribution in [1.82, 2.24) is 9.78 Å². The Balaban J connectivity index is 2.47. The molecule has 4 heteroatoms. The summed E-state index contributed by atoms with van der Waals surface area (Å²) in [5.41, 5.74) is 8.53. The average Bonchev–Trinajstić information content (AvgIpc) is 2.74. The van der Waals surface area contributed by atoms with Gasteiger partial charge in [0.25, 0.3) is 0 Å². The Morgan fingerprint density at radius 1 is 1.29 bits per heavy atom. The molecule has 0 saturated carbocycles. The lowest BCUT2D eigenvalue weighted by Gasteiger charge is -2.08. The largest absolute Gasteiger partial charge is 0.493 e. The van der Waals surface area contributed by atoms with Crippen molar-refractivity contribution in [2.75, 3.05) is 12.8 Å². The predicted octanol–water partition coefficient (Wildman–Crippen LogP) is 2.55. The summed E-state index contributed by atoms with van der Waals surface area (Å²) in [7, 11) is 1.66. The zero-order valence-electron chi connectivity index (χ0n) is 10.2. The third-order valence-electron chi connectivity index (χ3n) is 2.65. The summed E-state index contributed by atoms with van der Waals surface area (Å²) in [4.78, 5) is 0. The number of aromatic nitrogens is 2. The Kier molecular flexibility index (Phi) is 3.32. The monoisotopic (exact) mass is 231 g/mol. The molecular formula is C13H17N3O. The first-order valence-corrected chi connectivity index (χ1v) is 5.72. The molecule has 0 aliphatic rings. The molecule has 0 atom stereocenters. The van der Waals surface area contributed by atoms with Gasteiger partial charge < -0.3 is 10.5 Å². The lowest BCUT2D eigenvalue weighted by Crippen LogP contribution is -2.01. The van der Waals surface area contributed by atoms with Crippen LogP contribution in [0, 0.1) is 0 Å². The Hall–Kier alpha value is -1.97. The van der Waals surface area contributed by atoms with Crippen molar-refractivity contribution in [3.05, 3.63) is 30.5 Å². The number of aryl methyl sites for hydroxylation is 1. The third kappa shape index (κ3) is 2.25. The van der Waals surface area contributed by atoms with Crippen LogP contribution in [0.5, 0.6) is 5.75 Å². The molecule has 0 amide bonds. The second-order valence-corrected chi connectivity index (χ2v) is 3.91. The summed E-state index contributed by atoms with van der Waals surface area (Å²) < 4.78 is 7.31. The van der Waals surface area contributed by atoms with Crippen LogP contribution in [0.15, 0.2) is 30.5 Å². The van der Waals surface area contributed by atoms with Gasteiger partial charge in [0.2, 0.25) is 0 Å². The Morgan fingerprint density at radius 2 is 2.00 bits per heavy atom. The van der Waals surface area contributed by atoms with Crippen LogP contribution in [0.1, 0.15) is 13.3 Å². The van der Waals surface area contributed by atoms with Crippen molar-refractivity contribution >= 4 is 5.69 Å². The van der Waals surface area contributed by atoms with Gasteiger partial charge in [-0.25, -0.2) is 0 Å². The van der Waals surface area contributed by atoms with Gasteiger partial charge in [0.1, 0.15) is 5.69 Å². The zero-order valence-corrected chi connectivity index (χ0v) is 10.2. The lowest BCUT2D eigenvalue weighted by atomic mass is 10.1. The molecule has 0 unspecified atom stereocenters. The molecule has 1 aromatic carbocycles. The Bertz CT molecular complexity index is 488. The van der Waals surface area contributed by atoms with E-state index in [1.807, 2.05) is 28.9 Å². The van der Waals surface area contributed by atoms with Gasteiger partial charge in [0.15, 0.2) is 5.75 Å². The van der Waals surface area contributed by atoms with E-state index in [0.717, 1.165) is 35.7 Å². The minimum Gasteiger partial charge on any atom is -0.493 e. The van der Waals surface area contributed by atoms with Gasteiger partial charge in [-0.05, 0) is 18.6 Å². The van der Waals surface area contributed by atoms with Crippen LogP contribution < -0.4 is 10.5 Å². The summed E-state index contributed by atoms with van der Waals surface area (Å²) in [6.45, 7) is 3.00. The smallest absolute Gasteiger partial charge is 0.164 e. The number of rotatable bonds is 4. The van der Waals surface area contributed by atoms with Crippen molar-refractivity contribution in [3.8, 4) is 17.0 Å². The molecule has 0 bridgehead atoms. The van der Waals surface area contributed by atoms with Gasteiger partial charge in [-0.2, -0.15) is 5.10 Å². The van der Waals surface area contributed by atoms with Crippen molar-refractivity contribution in [2.24, 2.45) is 0 Å². The molecule has 0 saturated heterocycles. The number of nitrogens with two attached hydrogens (primary N) is 1. The molecule has 4 nitrogen and oxygen atoms in total. The van der Waals surface area contributed by atoms with E-state index in [1.165, 1.54) is 0 Å². The normalized spacial score (nSPS) is 10.5. The number of anilines is 1. The minimum atomic E-state index is 0.759. The average molecular weight is 231 g/mol. The van der Waals surface area contributed by atoms with Crippen LogP contribution >= 0.6 is 0 Å². The molecule has 0 fully saturated rings. The molecule has 0 aliphatic carbocycles. The maximum absolute atomic E-state index is 5.69. The van der Waals surface area contributed by atoms with Gasteiger partial charge in [0, 0.05) is 17.8 Å². The minimum absolute atomic E-state index is 0.759. The topological polar surface area (TPSA) is 53.1 Å². The van der Waals surface area contributed by atoms with Crippen LogP contribution in [0.2, 0.25) is 0 Å². The quantitative estimate of drug-likeness (QED) is 0.823. The van der Waals surface area contributed by atoms with E-state index in [-0.39, 0.29) is 0 Å². The highest BCUT2D eigenvalue weighted by atomic mass is 16.5. The van der Waals surface area contributed by atoms with Crippen molar-refractivity contribution < 1.29 is 4.74 Å². The number of nitrogens with zero attached hydrogens (tertiary/aromatic N) is 2. The van der Waals surface area contributed by atoms with Crippen LogP contribution in [-0.2, 0) is 6.54 Å². The first-order chi connectivity index (χ1) is 8.26. The highest BCUT2D eigenvalue weighted by Gasteiger charge is 2.12. The van der Waals surface area contributed by atoms with Crippen molar-refractivity contribution in [2.45, 2.75) is 19.9 Å². The molecule has 0 radical (unpaired) electrons.